The summed E-state index contributed by atoms with van der Waals surface area (Å²) < 4.78 is 5.55. The van der Waals surface area contributed by atoms with Gasteiger partial charge in [-0.05, 0) is 25.1 Å². The fraction of sp³-hybridized carbons (Fsp3) is 0.400. The van der Waals surface area contributed by atoms with Crippen LogP contribution >= 0.6 is 0 Å². The topological polar surface area (TPSA) is 41.6 Å². The maximum Gasteiger partial charge on any atom is 0.257 e. The number of hydrogen-bond acceptors (Lipinski definition) is 3. The summed E-state index contributed by atoms with van der Waals surface area (Å²) in [5.74, 6) is 0.674. The Hall–Kier alpha value is -1.81. The van der Waals surface area contributed by atoms with Crippen LogP contribution in [0.2, 0.25) is 0 Å². The van der Waals surface area contributed by atoms with Crippen LogP contribution in [0.3, 0.4) is 0 Å². The fourth-order valence-corrected chi connectivity index (χ4v) is 2.14. The molecule has 0 unspecified atom stereocenters. The summed E-state index contributed by atoms with van der Waals surface area (Å²) in [4.78, 5) is 14.4. The molecule has 0 bridgehead atoms. The highest BCUT2D eigenvalue weighted by Gasteiger charge is 2.20. The minimum atomic E-state index is 0.0448. The minimum Gasteiger partial charge on any atom is -0.489 e. The fourth-order valence-electron chi connectivity index (χ4n) is 2.14. The van der Waals surface area contributed by atoms with Gasteiger partial charge in [0.05, 0.1) is 5.56 Å². The Bertz CT molecular complexity index is 438. The van der Waals surface area contributed by atoms with Crippen molar-refractivity contribution in [3.05, 3.63) is 42.5 Å². The second-order valence-corrected chi connectivity index (χ2v) is 4.49. The van der Waals surface area contributed by atoms with Gasteiger partial charge in [0, 0.05) is 19.6 Å². The monoisotopic (exact) mass is 260 g/mol. The van der Waals surface area contributed by atoms with Crippen LogP contribution in [-0.4, -0.2) is 43.6 Å². The van der Waals surface area contributed by atoms with Crippen molar-refractivity contribution in [2.45, 2.75) is 6.42 Å². The Morgan fingerprint density at radius 2 is 2.21 bits per heavy atom. The lowest BCUT2D eigenvalue weighted by molar-refractivity contribution is 0.0762. The maximum absolute atomic E-state index is 12.5. The van der Waals surface area contributed by atoms with E-state index in [2.05, 4.69) is 11.9 Å². The zero-order chi connectivity index (χ0) is 13.5. The normalized spacial score (nSPS) is 15.7. The molecule has 1 aromatic carbocycles. The van der Waals surface area contributed by atoms with E-state index in [1.807, 2.05) is 29.2 Å². The van der Waals surface area contributed by atoms with E-state index in [0.717, 1.165) is 32.6 Å². The number of benzene rings is 1. The highest BCUT2D eigenvalue weighted by atomic mass is 16.5. The number of carbonyl (C=O) groups is 1. The molecule has 4 nitrogen and oxygen atoms in total. The molecule has 4 heteroatoms. The Morgan fingerprint density at radius 1 is 1.37 bits per heavy atom. The summed E-state index contributed by atoms with van der Waals surface area (Å²) in [5.41, 5.74) is 0.631. The minimum absolute atomic E-state index is 0.0448. The highest BCUT2D eigenvalue weighted by molar-refractivity contribution is 5.97. The molecule has 1 aliphatic heterocycles. The van der Waals surface area contributed by atoms with Crippen molar-refractivity contribution in [2.75, 3.05) is 32.8 Å². The molecule has 1 N–H and O–H groups in total. The summed E-state index contributed by atoms with van der Waals surface area (Å²) in [5, 5.41) is 3.29. The van der Waals surface area contributed by atoms with Gasteiger partial charge in [0.1, 0.15) is 12.4 Å². The predicted molar refractivity (Wildman–Crippen MR) is 75.5 cm³/mol. The van der Waals surface area contributed by atoms with E-state index in [-0.39, 0.29) is 5.91 Å². The van der Waals surface area contributed by atoms with Gasteiger partial charge in [-0.25, -0.2) is 0 Å². The Morgan fingerprint density at radius 3 is 3.05 bits per heavy atom. The first-order valence-corrected chi connectivity index (χ1v) is 6.65. The second-order valence-electron chi connectivity index (χ2n) is 4.49. The summed E-state index contributed by atoms with van der Waals surface area (Å²) >= 11 is 0. The third-order valence-corrected chi connectivity index (χ3v) is 3.10. The predicted octanol–water partition coefficient (Wildman–Crippen LogP) is 1.69. The van der Waals surface area contributed by atoms with Crippen molar-refractivity contribution in [1.82, 2.24) is 10.2 Å². The largest absolute Gasteiger partial charge is 0.489 e. The SMILES string of the molecule is C=CCOc1ccccc1C(=O)N1CCCNCC1. The average molecular weight is 260 g/mol. The van der Waals surface area contributed by atoms with Crippen molar-refractivity contribution in [3.63, 3.8) is 0 Å². The van der Waals surface area contributed by atoms with Gasteiger partial charge in [0.2, 0.25) is 0 Å². The lowest BCUT2D eigenvalue weighted by Crippen LogP contribution is -2.34. The number of ether oxygens (including phenoxy) is 1. The molecule has 1 saturated heterocycles. The Labute approximate surface area is 114 Å². The number of hydrogen-bond donors (Lipinski definition) is 1. The lowest BCUT2D eigenvalue weighted by atomic mass is 10.1. The summed E-state index contributed by atoms with van der Waals surface area (Å²) in [6.07, 6.45) is 2.67. The molecule has 19 heavy (non-hydrogen) atoms. The van der Waals surface area contributed by atoms with Crippen molar-refractivity contribution in [1.29, 1.82) is 0 Å². The molecule has 0 spiro atoms. The van der Waals surface area contributed by atoms with Crippen LogP contribution in [0.5, 0.6) is 5.75 Å². The van der Waals surface area contributed by atoms with E-state index in [1.165, 1.54) is 0 Å². The Kier molecular flexibility index (Phi) is 4.98. The number of amides is 1. The molecular formula is C15H20N2O2. The molecule has 0 aliphatic carbocycles. The zero-order valence-electron chi connectivity index (χ0n) is 11.1. The second kappa shape index (κ2) is 6.95. The van der Waals surface area contributed by atoms with E-state index in [1.54, 1.807) is 6.08 Å². The van der Waals surface area contributed by atoms with E-state index >= 15 is 0 Å². The third kappa shape index (κ3) is 3.58. The van der Waals surface area contributed by atoms with Gasteiger partial charge in [-0.1, -0.05) is 24.8 Å². The number of para-hydroxylation sites is 1. The van der Waals surface area contributed by atoms with Crippen molar-refractivity contribution < 1.29 is 9.53 Å². The molecular weight excluding hydrogens is 240 g/mol. The van der Waals surface area contributed by atoms with E-state index in [4.69, 9.17) is 4.74 Å². The van der Waals surface area contributed by atoms with Gasteiger partial charge < -0.3 is 15.0 Å². The lowest BCUT2D eigenvalue weighted by Gasteiger charge is -2.21. The molecule has 0 atom stereocenters. The molecule has 0 aromatic heterocycles. The van der Waals surface area contributed by atoms with E-state index in [9.17, 15) is 4.79 Å². The standard InChI is InChI=1S/C15H20N2O2/c1-2-12-19-14-7-4-3-6-13(14)15(18)17-10-5-8-16-9-11-17/h2-4,6-7,16H,1,5,8-12H2. The highest BCUT2D eigenvalue weighted by Crippen LogP contribution is 2.20. The first-order valence-electron chi connectivity index (χ1n) is 6.65. The van der Waals surface area contributed by atoms with Crippen molar-refractivity contribution >= 4 is 5.91 Å². The van der Waals surface area contributed by atoms with E-state index < -0.39 is 0 Å². The maximum atomic E-state index is 12.5. The first-order chi connectivity index (χ1) is 9.33. The average Bonchev–Trinajstić information content (AvgIpc) is 2.73. The molecule has 2 rings (SSSR count). The van der Waals surface area contributed by atoms with Crippen LogP contribution in [0.25, 0.3) is 0 Å². The molecule has 1 aromatic rings. The molecule has 1 amide bonds. The zero-order valence-corrected chi connectivity index (χ0v) is 11.1. The number of nitrogens with zero attached hydrogens (tertiary/aromatic N) is 1. The molecule has 0 saturated carbocycles. The summed E-state index contributed by atoms with van der Waals surface area (Å²) in [6, 6.07) is 7.38. The molecule has 1 fully saturated rings. The molecule has 1 aliphatic rings. The summed E-state index contributed by atoms with van der Waals surface area (Å²) in [7, 11) is 0. The molecule has 1 heterocycles. The van der Waals surface area contributed by atoms with Crippen LogP contribution < -0.4 is 10.1 Å². The smallest absolute Gasteiger partial charge is 0.257 e. The molecule has 0 radical (unpaired) electrons. The van der Waals surface area contributed by atoms with Crippen LogP contribution in [0, 0.1) is 0 Å². The number of rotatable bonds is 4. The third-order valence-electron chi connectivity index (χ3n) is 3.10. The quantitative estimate of drug-likeness (QED) is 0.838. The van der Waals surface area contributed by atoms with Crippen LogP contribution in [0.1, 0.15) is 16.8 Å². The van der Waals surface area contributed by atoms with Crippen LogP contribution in [0.15, 0.2) is 36.9 Å². The van der Waals surface area contributed by atoms with Gasteiger partial charge in [0.25, 0.3) is 5.91 Å². The Balaban J connectivity index is 2.14. The number of nitrogens with one attached hydrogen (secondary N) is 1. The molecule has 102 valence electrons. The first kappa shape index (κ1) is 13.6. The van der Waals surface area contributed by atoms with Gasteiger partial charge in [-0.3, -0.25) is 4.79 Å². The van der Waals surface area contributed by atoms with Crippen molar-refractivity contribution in [3.8, 4) is 5.75 Å². The van der Waals surface area contributed by atoms with Gasteiger partial charge >= 0.3 is 0 Å². The van der Waals surface area contributed by atoms with Crippen LogP contribution in [-0.2, 0) is 0 Å². The van der Waals surface area contributed by atoms with Crippen LogP contribution in [0.4, 0.5) is 0 Å². The van der Waals surface area contributed by atoms with Crippen molar-refractivity contribution in [2.24, 2.45) is 0 Å². The van der Waals surface area contributed by atoms with E-state index in [0.29, 0.717) is 17.9 Å². The number of carbonyl (C=O) groups excluding carboxylic acids is 1. The van der Waals surface area contributed by atoms with Gasteiger partial charge in [0.15, 0.2) is 0 Å². The van der Waals surface area contributed by atoms with Gasteiger partial charge in [-0.15, -0.1) is 0 Å². The van der Waals surface area contributed by atoms with Gasteiger partial charge in [-0.2, -0.15) is 0 Å². The summed E-state index contributed by atoms with van der Waals surface area (Å²) in [6.45, 7) is 7.39.